The number of esters is 1. The monoisotopic (exact) mass is 319 g/mol. The van der Waals surface area contributed by atoms with Crippen LogP contribution in [0, 0.1) is 0 Å². The molecule has 1 N–H and O–H groups in total. The third kappa shape index (κ3) is 4.64. The van der Waals surface area contributed by atoms with Crippen LogP contribution in [0.2, 0.25) is 0 Å². The second kappa shape index (κ2) is 6.70. The lowest BCUT2D eigenvalue weighted by molar-refractivity contribution is -0.0336. The fourth-order valence-electron chi connectivity index (χ4n) is 2.40. The van der Waals surface area contributed by atoms with E-state index in [0.717, 1.165) is 5.56 Å². The van der Waals surface area contributed by atoms with E-state index in [2.05, 4.69) is 10.1 Å². The first kappa shape index (κ1) is 16.2. The predicted octanol–water partition coefficient (Wildman–Crippen LogP) is 3.52. The molecular formula is C14H16F3NO2S. The zero-order valence-corrected chi connectivity index (χ0v) is 12.3. The number of rotatable bonds is 3. The highest BCUT2D eigenvalue weighted by atomic mass is 32.2. The first-order chi connectivity index (χ1) is 9.89. The van der Waals surface area contributed by atoms with Gasteiger partial charge in [0, 0.05) is 11.3 Å². The molecule has 0 unspecified atom stereocenters. The summed E-state index contributed by atoms with van der Waals surface area (Å²) in [5.41, 5.74) is -2.88. The van der Waals surface area contributed by atoms with Crippen LogP contribution >= 0.6 is 11.8 Å². The van der Waals surface area contributed by atoms with Crippen LogP contribution in [0.3, 0.4) is 0 Å². The lowest BCUT2D eigenvalue weighted by Gasteiger charge is -2.30. The second-order valence-electron chi connectivity index (χ2n) is 4.83. The molecule has 21 heavy (non-hydrogen) atoms. The van der Waals surface area contributed by atoms with Gasteiger partial charge in [-0.25, -0.2) is 4.79 Å². The van der Waals surface area contributed by atoms with Gasteiger partial charge >= 0.3 is 11.5 Å². The summed E-state index contributed by atoms with van der Waals surface area (Å²) >= 11 is 0.0737. The van der Waals surface area contributed by atoms with Crippen LogP contribution in [0.15, 0.2) is 24.3 Å². The van der Waals surface area contributed by atoms with Crippen LogP contribution in [-0.4, -0.2) is 30.4 Å². The number of hydrogen-bond donors (Lipinski definition) is 1. The Hall–Kier alpha value is -1.21. The number of methoxy groups -OCH3 is 1. The number of carbonyl (C=O) groups is 1. The molecule has 0 radical (unpaired) electrons. The average Bonchev–Trinajstić information content (AvgIpc) is 2.45. The summed E-state index contributed by atoms with van der Waals surface area (Å²) in [6, 6.07) is 6.65. The van der Waals surface area contributed by atoms with Crippen molar-refractivity contribution in [2.75, 3.05) is 13.7 Å². The normalized spacial score (nSPS) is 22.9. The number of ether oxygens (including phenoxy) is 1. The Labute approximate surface area is 125 Å². The maximum Gasteiger partial charge on any atom is 0.442 e. The summed E-state index contributed by atoms with van der Waals surface area (Å²) in [5, 5.41) is 2.78. The maximum atomic E-state index is 12.4. The first-order valence-electron chi connectivity index (χ1n) is 6.55. The summed E-state index contributed by atoms with van der Waals surface area (Å²) in [7, 11) is 1.30. The Bertz CT molecular complexity index is 490. The lowest BCUT2D eigenvalue weighted by atomic mass is 9.96. The van der Waals surface area contributed by atoms with Crippen molar-refractivity contribution in [2.24, 2.45) is 0 Å². The van der Waals surface area contributed by atoms with Crippen molar-refractivity contribution in [1.82, 2.24) is 5.32 Å². The van der Waals surface area contributed by atoms with Crippen molar-refractivity contribution in [1.29, 1.82) is 0 Å². The summed E-state index contributed by atoms with van der Waals surface area (Å²) in [6.45, 7) is 0.553. The number of thioether (sulfide) groups is 1. The number of carbonyl (C=O) groups excluding carboxylic acids is 1. The third-order valence-electron chi connectivity index (χ3n) is 3.39. The number of benzene rings is 1. The zero-order chi connectivity index (χ0) is 15.5. The highest BCUT2D eigenvalue weighted by Gasteiger charge is 2.35. The molecule has 1 aliphatic heterocycles. The fraction of sp³-hybridized carbons (Fsp3) is 0.500. The van der Waals surface area contributed by atoms with Crippen molar-refractivity contribution in [3.05, 3.63) is 35.4 Å². The topological polar surface area (TPSA) is 38.3 Å². The Morgan fingerprint density at radius 1 is 1.33 bits per heavy atom. The van der Waals surface area contributed by atoms with Crippen LogP contribution in [-0.2, 0) is 4.74 Å². The summed E-state index contributed by atoms with van der Waals surface area (Å²) in [4.78, 5) is 11.3. The predicted molar refractivity (Wildman–Crippen MR) is 75.2 cm³/mol. The van der Waals surface area contributed by atoms with Gasteiger partial charge in [0.2, 0.25) is 0 Å². The van der Waals surface area contributed by atoms with Crippen molar-refractivity contribution in [2.45, 2.75) is 29.6 Å². The second-order valence-corrected chi connectivity index (χ2v) is 6.20. The van der Waals surface area contributed by atoms with Crippen LogP contribution in [0.4, 0.5) is 13.2 Å². The van der Waals surface area contributed by atoms with E-state index in [-0.39, 0.29) is 17.8 Å². The molecule has 0 spiro atoms. The number of halogens is 3. The van der Waals surface area contributed by atoms with Gasteiger partial charge in [-0.05, 0) is 48.8 Å². The molecule has 0 aromatic heterocycles. The lowest BCUT2D eigenvalue weighted by Crippen LogP contribution is -2.34. The minimum atomic E-state index is -4.19. The van der Waals surface area contributed by atoms with Crippen molar-refractivity contribution in [3.63, 3.8) is 0 Å². The Morgan fingerprint density at radius 3 is 2.57 bits per heavy atom. The van der Waals surface area contributed by atoms with Gasteiger partial charge in [-0.2, -0.15) is 13.2 Å². The zero-order valence-electron chi connectivity index (χ0n) is 11.4. The fourth-order valence-corrected chi connectivity index (χ4v) is 3.30. The van der Waals surface area contributed by atoms with Crippen LogP contribution < -0.4 is 5.32 Å². The Morgan fingerprint density at radius 2 is 2.00 bits per heavy atom. The Balaban J connectivity index is 2.02. The molecule has 116 valence electrons. The van der Waals surface area contributed by atoms with Crippen molar-refractivity contribution >= 4 is 17.7 Å². The molecule has 2 rings (SSSR count). The molecule has 1 heterocycles. The quantitative estimate of drug-likeness (QED) is 0.865. The molecule has 1 aromatic rings. The van der Waals surface area contributed by atoms with E-state index in [9.17, 15) is 18.0 Å². The van der Waals surface area contributed by atoms with E-state index in [1.54, 1.807) is 24.3 Å². The molecule has 0 aliphatic carbocycles. The highest BCUT2D eigenvalue weighted by Crippen LogP contribution is 2.40. The van der Waals surface area contributed by atoms with Gasteiger partial charge in [-0.15, -0.1) is 0 Å². The van der Waals surface area contributed by atoms with Crippen LogP contribution in [0.1, 0.15) is 34.8 Å². The van der Waals surface area contributed by atoms with Gasteiger partial charge in [-0.3, -0.25) is 0 Å². The standard InChI is InChI=1S/C14H16F3NO2S/c1-20-13(19)10-4-2-9(3-5-10)12-8-11(6-7-18-12)21-14(15,16)17/h2-5,11-12,18H,6-8H2,1H3/t11-,12-/m0/s1. The van der Waals surface area contributed by atoms with Gasteiger partial charge in [0.15, 0.2) is 0 Å². The van der Waals surface area contributed by atoms with E-state index in [0.29, 0.717) is 24.9 Å². The molecule has 7 heteroatoms. The van der Waals surface area contributed by atoms with Gasteiger partial charge in [0.1, 0.15) is 0 Å². The van der Waals surface area contributed by atoms with Crippen LogP contribution in [0.25, 0.3) is 0 Å². The number of piperidine rings is 1. The first-order valence-corrected chi connectivity index (χ1v) is 7.43. The van der Waals surface area contributed by atoms with Crippen LogP contribution in [0.5, 0.6) is 0 Å². The molecule has 0 saturated carbocycles. The van der Waals surface area contributed by atoms with Gasteiger partial charge in [0.25, 0.3) is 0 Å². The molecular weight excluding hydrogens is 303 g/mol. The van der Waals surface area contributed by atoms with E-state index in [1.165, 1.54) is 7.11 Å². The van der Waals surface area contributed by atoms with Crippen molar-refractivity contribution < 1.29 is 22.7 Å². The van der Waals surface area contributed by atoms with E-state index >= 15 is 0 Å². The number of nitrogens with one attached hydrogen (secondary N) is 1. The van der Waals surface area contributed by atoms with E-state index < -0.39 is 16.7 Å². The highest BCUT2D eigenvalue weighted by molar-refractivity contribution is 8.00. The minimum Gasteiger partial charge on any atom is -0.465 e. The van der Waals surface area contributed by atoms with Gasteiger partial charge < -0.3 is 10.1 Å². The maximum absolute atomic E-state index is 12.4. The van der Waals surface area contributed by atoms with E-state index in [1.807, 2.05) is 0 Å². The summed E-state index contributed by atoms with van der Waals surface area (Å²) < 4.78 is 41.9. The molecule has 1 fully saturated rings. The molecule has 1 saturated heterocycles. The smallest absolute Gasteiger partial charge is 0.442 e. The molecule has 1 aromatic carbocycles. The van der Waals surface area contributed by atoms with Gasteiger partial charge in [-0.1, -0.05) is 12.1 Å². The molecule has 3 nitrogen and oxygen atoms in total. The molecule has 0 amide bonds. The number of alkyl halides is 3. The summed E-state index contributed by atoms with van der Waals surface area (Å²) in [6.07, 6.45) is 0.919. The Kier molecular flexibility index (Phi) is 5.16. The third-order valence-corrected chi connectivity index (χ3v) is 4.42. The average molecular weight is 319 g/mol. The molecule has 0 bridgehead atoms. The SMILES string of the molecule is COC(=O)c1ccc([C@@H]2C[C@@H](SC(F)(F)F)CCN2)cc1. The molecule has 2 atom stereocenters. The largest absolute Gasteiger partial charge is 0.465 e. The molecule has 1 aliphatic rings. The minimum absolute atomic E-state index is 0.0737. The summed E-state index contributed by atoms with van der Waals surface area (Å²) in [5.74, 6) is -0.427. The number of hydrogen-bond acceptors (Lipinski definition) is 4. The van der Waals surface area contributed by atoms with Gasteiger partial charge in [0.05, 0.1) is 12.7 Å². The van der Waals surface area contributed by atoms with E-state index in [4.69, 9.17) is 0 Å². The van der Waals surface area contributed by atoms with Crippen molar-refractivity contribution in [3.8, 4) is 0 Å².